The third-order valence-electron chi connectivity index (χ3n) is 5.84. The molecule has 2 heterocycles. The molecule has 8 nitrogen and oxygen atoms in total. The molecule has 1 aliphatic heterocycles. The lowest BCUT2D eigenvalue weighted by atomic mass is 10.1. The van der Waals surface area contributed by atoms with Gasteiger partial charge in [-0.3, -0.25) is 9.69 Å². The molecule has 0 bridgehead atoms. The van der Waals surface area contributed by atoms with Crippen molar-refractivity contribution >= 4 is 29.2 Å². The zero-order valence-corrected chi connectivity index (χ0v) is 18.6. The van der Waals surface area contributed by atoms with Crippen molar-refractivity contribution in [3.8, 4) is 0 Å². The number of aryl methyl sites for hydroxylation is 1. The van der Waals surface area contributed by atoms with Crippen molar-refractivity contribution < 1.29 is 22.4 Å². The Labute approximate surface area is 193 Å². The maximum Gasteiger partial charge on any atom is 0.287 e. The number of likely N-dealkylation sites (N-methyl/N-ethyl adjacent to an activating group) is 1. The van der Waals surface area contributed by atoms with Crippen LogP contribution in [0.3, 0.4) is 0 Å². The van der Waals surface area contributed by atoms with Crippen molar-refractivity contribution in [2.45, 2.75) is 32.5 Å². The smallest absolute Gasteiger partial charge is 0.287 e. The Morgan fingerprint density at radius 1 is 1.15 bits per heavy atom. The SMILES string of the molecule is Cc1ccc(F)c(C(=O)n2nc(Nc3ccc(N4C(F)CN(C)C(C)C4F)cc3)nc2N)c1F. The highest BCUT2D eigenvalue weighted by Gasteiger charge is 2.38. The zero-order chi connectivity index (χ0) is 24.7. The molecule has 0 radical (unpaired) electrons. The number of hydrogen-bond acceptors (Lipinski definition) is 7. The van der Waals surface area contributed by atoms with Crippen molar-refractivity contribution in [2.24, 2.45) is 0 Å². The molecule has 3 aromatic rings. The average molecular weight is 477 g/mol. The molecular weight excluding hydrogens is 454 g/mol. The number of alkyl halides is 2. The van der Waals surface area contributed by atoms with Crippen LogP contribution < -0.4 is 16.0 Å². The number of aromatic nitrogens is 3. The van der Waals surface area contributed by atoms with Gasteiger partial charge in [-0.2, -0.15) is 9.67 Å². The summed E-state index contributed by atoms with van der Waals surface area (Å²) in [6, 6.07) is 7.87. The Balaban J connectivity index is 1.53. The Hall–Kier alpha value is -3.67. The van der Waals surface area contributed by atoms with Crippen LogP contribution >= 0.6 is 0 Å². The summed E-state index contributed by atoms with van der Waals surface area (Å²) >= 11 is 0. The van der Waals surface area contributed by atoms with Gasteiger partial charge in [0.05, 0.1) is 6.04 Å². The second kappa shape index (κ2) is 8.93. The van der Waals surface area contributed by atoms with Gasteiger partial charge < -0.3 is 16.0 Å². The number of halogens is 4. The molecule has 34 heavy (non-hydrogen) atoms. The fourth-order valence-corrected chi connectivity index (χ4v) is 3.72. The number of carbonyl (C=O) groups is 1. The van der Waals surface area contributed by atoms with Gasteiger partial charge in [0.15, 0.2) is 12.6 Å². The Kier molecular flexibility index (Phi) is 6.17. The summed E-state index contributed by atoms with van der Waals surface area (Å²) in [7, 11) is 1.67. The summed E-state index contributed by atoms with van der Waals surface area (Å²) in [6.45, 7) is 3.14. The minimum atomic E-state index is -1.53. The Morgan fingerprint density at radius 3 is 2.50 bits per heavy atom. The van der Waals surface area contributed by atoms with E-state index < -0.39 is 41.7 Å². The molecule has 0 aliphatic carbocycles. The van der Waals surface area contributed by atoms with Crippen LogP contribution in [0.5, 0.6) is 0 Å². The van der Waals surface area contributed by atoms with E-state index in [-0.39, 0.29) is 24.0 Å². The zero-order valence-electron chi connectivity index (χ0n) is 18.6. The van der Waals surface area contributed by atoms with E-state index in [9.17, 15) is 22.4 Å². The number of nitrogens with two attached hydrogens (primary N) is 1. The predicted octanol–water partition coefficient (Wildman–Crippen LogP) is 3.61. The molecule has 1 fully saturated rings. The first-order valence-electron chi connectivity index (χ1n) is 10.4. The number of carbonyl (C=O) groups excluding carboxylic acids is 1. The minimum absolute atomic E-state index is 0.0678. The molecule has 4 rings (SSSR count). The monoisotopic (exact) mass is 477 g/mol. The number of rotatable bonds is 4. The van der Waals surface area contributed by atoms with E-state index >= 15 is 0 Å². The number of anilines is 4. The van der Waals surface area contributed by atoms with Crippen LogP contribution in [0.15, 0.2) is 36.4 Å². The number of nitrogens with zero attached hydrogens (tertiary/aromatic N) is 5. The highest BCUT2D eigenvalue weighted by atomic mass is 19.2. The van der Waals surface area contributed by atoms with Crippen LogP contribution in [-0.2, 0) is 0 Å². The highest BCUT2D eigenvalue weighted by Crippen LogP contribution is 2.30. The number of nitrogens with one attached hydrogen (secondary N) is 1. The number of benzene rings is 2. The second-order valence-electron chi connectivity index (χ2n) is 8.13. The third kappa shape index (κ3) is 4.16. The molecule has 3 unspecified atom stereocenters. The number of nitrogen functional groups attached to an aromatic ring is 1. The van der Waals surface area contributed by atoms with E-state index in [1.165, 1.54) is 25.1 Å². The molecule has 12 heteroatoms. The molecule has 180 valence electrons. The largest absolute Gasteiger partial charge is 0.368 e. The summed E-state index contributed by atoms with van der Waals surface area (Å²) in [5.74, 6) is -3.66. The molecular formula is C22H23F4N7O. The van der Waals surface area contributed by atoms with E-state index in [1.54, 1.807) is 31.0 Å². The maximum absolute atomic E-state index is 14.7. The normalized spacial score (nSPS) is 21.0. The number of hydrogen-bond donors (Lipinski definition) is 2. The lowest BCUT2D eigenvalue weighted by molar-refractivity contribution is 0.0477. The van der Waals surface area contributed by atoms with Crippen molar-refractivity contribution in [3.05, 3.63) is 59.2 Å². The molecule has 1 aliphatic rings. The topological polar surface area (TPSA) is 92.3 Å². The molecule has 0 spiro atoms. The van der Waals surface area contributed by atoms with E-state index in [2.05, 4.69) is 15.4 Å². The van der Waals surface area contributed by atoms with E-state index in [1.807, 2.05) is 0 Å². The van der Waals surface area contributed by atoms with E-state index in [4.69, 9.17) is 5.73 Å². The number of piperazine rings is 1. The molecule has 0 saturated carbocycles. The lowest BCUT2D eigenvalue weighted by Gasteiger charge is -2.44. The Morgan fingerprint density at radius 2 is 1.82 bits per heavy atom. The van der Waals surface area contributed by atoms with Crippen molar-refractivity contribution in [1.29, 1.82) is 0 Å². The quantitative estimate of drug-likeness (QED) is 0.438. The van der Waals surface area contributed by atoms with Gasteiger partial charge in [0.25, 0.3) is 5.91 Å². The lowest BCUT2D eigenvalue weighted by Crippen LogP contribution is -2.59. The summed E-state index contributed by atoms with van der Waals surface area (Å²) in [4.78, 5) is 19.2. The molecule has 3 atom stereocenters. The van der Waals surface area contributed by atoms with Crippen LogP contribution in [0.25, 0.3) is 0 Å². The van der Waals surface area contributed by atoms with E-state index in [0.717, 1.165) is 11.0 Å². The first kappa shape index (κ1) is 23.5. The van der Waals surface area contributed by atoms with Gasteiger partial charge in [-0.05, 0) is 56.8 Å². The summed E-state index contributed by atoms with van der Waals surface area (Å²) in [5.41, 5.74) is 5.82. The van der Waals surface area contributed by atoms with Gasteiger partial charge >= 0.3 is 0 Å². The van der Waals surface area contributed by atoms with Gasteiger partial charge in [0.1, 0.15) is 17.2 Å². The van der Waals surface area contributed by atoms with Crippen LogP contribution in [-0.4, -0.2) is 57.8 Å². The van der Waals surface area contributed by atoms with Crippen molar-refractivity contribution in [3.63, 3.8) is 0 Å². The minimum Gasteiger partial charge on any atom is -0.368 e. The first-order chi connectivity index (χ1) is 16.1. The highest BCUT2D eigenvalue weighted by molar-refractivity contribution is 5.97. The molecule has 1 aromatic heterocycles. The van der Waals surface area contributed by atoms with Crippen LogP contribution in [0.1, 0.15) is 22.8 Å². The van der Waals surface area contributed by atoms with Gasteiger partial charge in [-0.15, -0.1) is 5.10 Å². The van der Waals surface area contributed by atoms with Crippen LogP contribution in [0.4, 0.5) is 40.8 Å². The first-order valence-corrected chi connectivity index (χ1v) is 10.4. The second-order valence-corrected chi connectivity index (χ2v) is 8.13. The maximum atomic E-state index is 14.7. The van der Waals surface area contributed by atoms with Gasteiger partial charge in [0.2, 0.25) is 11.9 Å². The fourth-order valence-electron chi connectivity index (χ4n) is 3.72. The van der Waals surface area contributed by atoms with E-state index in [0.29, 0.717) is 16.1 Å². The summed E-state index contributed by atoms with van der Waals surface area (Å²) < 4.78 is 58.3. The standard InChI is InChI=1S/C22H23F4N7O/c1-11-4-9-15(23)17(18(11)25)20(34)33-21(27)29-22(30-33)28-13-5-7-14(8-6-13)32-16(24)10-31(3)12(2)19(32)26/h4-9,12,16,19H,10H2,1-3H3,(H3,27,28,29,30). The summed E-state index contributed by atoms with van der Waals surface area (Å²) in [6.07, 6.45) is -3.04. The Bertz CT molecular complexity index is 1220. The van der Waals surface area contributed by atoms with Crippen molar-refractivity contribution in [1.82, 2.24) is 19.7 Å². The average Bonchev–Trinajstić information content (AvgIpc) is 3.16. The summed E-state index contributed by atoms with van der Waals surface area (Å²) in [5, 5.41) is 6.70. The van der Waals surface area contributed by atoms with Gasteiger partial charge in [0, 0.05) is 17.9 Å². The van der Waals surface area contributed by atoms with Crippen molar-refractivity contribution in [2.75, 3.05) is 29.5 Å². The molecule has 2 aromatic carbocycles. The third-order valence-corrected chi connectivity index (χ3v) is 5.84. The van der Waals surface area contributed by atoms with Crippen LogP contribution in [0, 0.1) is 18.6 Å². The van der Waals surface area contributed by atoms with Gasteiger partial charge in [-0.25, -0.2) is 17.6 Å². The fraction of sp³-hybridized carbons (Fsp3) is 0.318. The molecule has 1 saturated heterocycles. The predicted molar refractivity (Wildman–Crippen MR) is 119 cm³/mol. The molecule has 3 N–H and O–H groups in total. The van der Waals surface area contributed by atoms with Crippen LogP contribution in [0.2, 0.25) is 0 Å². The van der Waals surface area contributed by atoms with Gasteiger partial charge in [-0.1, -0.05) is 6.07 Å². The molecule has 0 amide bonds.